The summed E-state index contributed by atoms with van der Waals surface area (Å²) in [6.45, 7) is 13.3. The Labute approximate surface area is 174 Å². The number of likely N-dealkylation sites (tertiary alicyclic amines) is 1. The second-order valence-electron chi connectivity index (χ2n) is 8.98. The molecule has 160 valence electrons. The summed E-state index contributed by atoms with van der Waals surface area (Å²) >= 11 is 0. The molecular formula is C23H35N3O3. The van der Waals surface area contributed by atoms with E-state index in [1.165, 1.54) is 6.42 Å². The number of benzene rings is 1. The van der Waals surface area contributed by atoms with Gasteiger partial charge in [-0.15, -0.1) is 0 Å². The van der Waals surface area contributed by atoms with Crippen molar-refractivity contribution in [2.75, 3.05) is 45.8 Å². The lowest BCUT2D eigenvalue weighted by Gasteiger charge is -2.38. The van der Waals surface area contributed by atoms with Gasteiger partial charge in [-0.25, -0.2) is 0 Å². The molecule has 0 N–H and O–H groups in total. The summed E-state index contributed by atoms with van der Waals surface area (Å²) in [6, 6.07) is 7.44. The zero-order valence-corrected chi connectivity index (χ0v) is 18.3. The topological polar surface area (TPSA) is 53.1 Å². The number of amides is 2. The van der Waals surface area contributed by atoms with Gasteiger partial charge in [0.1, 0.15) is 5.75 Å². The Kier molecular flexibility index (Phi) is 7.17. The lowest BCUT2D eigenvalue weighted by atomic mass is 9.92. The standard InChI is InChI=1S/C23H35N3O3/c1-17(2)29-21-8-6-5-7-20(21)23(28)25-11-9-24(10-12-25)16-22(27)26-14-18(3)13-19(4)15-26/h5-8,17-19H,9-16H2,1-4H3. The molecule has 2 saturated heterocycles. The van der Waals surface area contributed by atoms with Crippen LogP contribution in [0, 0.1) is 11.8 Å². The van der Waals surface area contributed by atoms with Crippen molar-refractivity contribution in [2.24, 2.45) is 11.8 Å². The Hall–Kier alpha value is -2.08. The van der Waals surface area contributed by atoms with Crippen LogP contribution in [-0.4, -0.2) is 78.4 Å². The van der Waals surface area contributed by atoms with Crippen LogP contribution in [0.4, 0.5) is 0 Å². The minimum atomic E-state index is 0.00547. The predicted molar refractivity (Wildman–Crippen MR) is 114 cm³/mol. The molecule has 2 unspecified atom stereocenters. The molecule has 2 amide bonds. The smallest absolute Gasteiger partial charge is 0.257 e. The lowest BCUT2D eigenvalue weighted by Crippen LogP contribution is -2.53. The first-order chi connectivity index (χ1) is 13.8. The molecule has 2 atom stereocenters. The van der Waals surface area contributed by atoms with Crippen LogP contribution in [0.1, 0.15) is 44.5 Å². The zero-order chi connectivity index (χ0) is 21.0. The largest absolute Gasteiger partial charge is 0.490 e. The SMILES string of the molecule is CC1CC(C)CN(C(=O)CN2CCN(C(=O)c3ccccc3OC(C)C)CC2)C1. The molecule has 0 saturated carbocycles. The number of hydrogen-bond acceptors (Lipinski definition) is 4. The minimum Gasteiger partial charge on any atom is -0.490 e. The highest BCUT2D eigenvalue weighted by Crippen LogP contribution is 2.23. The van der Waals surface area contributed by atoms with Crippen LogP contribution in [0.3, 0.4) is 0 Å². The summed E-state index contributed by atoms with van der Waals surface area (Å²) in [7, 11) is 0. The summed E-state index contributed by atoms with van der Waals surface area (Å²) in [6.07, 6.45) is 1.22. The number of carbonyl (C=O) groups excluding carboxylic acids is 2. The molecule has 1 aromatic carbocycles. The summed E-state index contributed by atoms with van der Waals surface area (Å²) in [5.74, 6) is 2.01. The second-order valence-corrected chi connectivity index (χ2v) is 8.98. The van der Waals surface area contributed by atoms with Crippen LogP contribution in [-0.2, 0) is 4.79 Å². The molecule has 0 bridgehead atoms. The number of para-hydroxylation sites is 1. The van der Waals surface area contributed by atoms with Crippen molar-refractivity contribution in [1.82, 2.24) is 14.7 Å². The number of hydrogen-bond donors (Lipinski definition) is 0. The number of rotatable bonds is 5. The molecular weight excluding hydrogens is 366 g/mol. The van der Waals surface area contributed by atoms with Crippen LogP contribution in [0.15, 0.2) is 24.3 Å². The summed E-state index contributed by atoms with van der Waals surface area (Å²) in [5.41, 5.74) is 0.613. The average molecular weight is 402 g/mol. The van der Waals surface area contributed by atoms with E-state index in [2.05, 4.69) is 18.7 Å². The van der Waals surface area contributed by atoms with Gasteiger partial charge in [0.15, 0.2) is 0 Å². The third-order valence-corrected chi connectivity index (χ3v) is 5.72. The van der Waals surface area contributed by atoms with Crippen molar-refractivity contribution in [3.05, 3.63) is 29.8 Å². The molecule has 0 radical (unpaired) electrons. The number of carbonyl (C=O) groups is 2. The maximum Gasteiger partial charge on any atom is 0.257 e. The van der Waals surface area contributed by atoms with Crippen molar-refractivity contribution in [2.45, 2.75) is 40.2 Å². The number of piperazine rings is 1. The van der Waals surface area contributed by atoms with E-state index >= 15 is 0 Å². The van der Waals surface area contributed by atoms with Crippen LogP contribution >= 0.6 is 0 Å². The molecule has 3 rings (SSSR count). The average Bonchev–Trinajstić information content (AvgIpc) is 2.67. The molecule has 29 heavy (non-hydrogen) atoms. The van der Waals surface area contributed by atoms with Gasteiger partial charge in [-0.3, -0.25) is 14.5 Å². The molecule has 2 aliphatic rings. The third kappa shape index (κ3) is 5.72. The molecule has 6 nitrogen and oxygen atoms in total. The van der Waals surface area contributed by atoms with E-state index < -0.39 is 0 Å². The molecule has 1 aromatic rings. The highest BCUT2D eigenvalue weighted by atomic mass is 16.5. The molecule has 2 aliphatic heterocycles. The Balaban J connectivity index is 1.53. The van der Waals surface area contributed by atoms with Crippen molar-refractivity contribution < 1.29 is 14.3 Å². The molecule has 2 fully saturated rings. The van der Waals surface area contributed by atoms with E-state index in [1.54, 1.807) is 0 Å². The van der Waals surface area contributed by atoms with Crippen molar-refractivity contribution in [3.8, 4) is 5.75 Å². The van der Waals surface area contributed by atoms with Crippen LogP contribution in [0.25, 0.3) is 0 Å². The number of piperidine rings is 1. The molecule has 0 aromatic heterocycles. The fraction of sp³-hybridized carbons (Fsp3) is 0.652. The van der Waals surface area contributed by atoms with Gasteiger partial charge in [0.2, 0.25) is 5.91 Å². The monoisotopic (exact) mass is 401 g/mol. The Bertz CT molecular complexity index is 703. The van der Waals surface area contributed by atoms with Crippen LogP contribution in [0.5, 0.6) is 5.75 Å². The first kappa shape index (κ1) is 21.6. The highest BCUT2D eigenvalue weighted by Gasteiger charge is 2.29. The summed E-state index contributed by atoms with van der Waals surface area (Å²) in [5, 5.41) is 0. The van der Waals surface area contributed by atoms with Crippen molar-refractivity contribution in [1.29, 1.82) is 0 Å². The second kappa shape index (κ2) is 9.61. The quantitative estimate of drug-likeness (QED) is 0.761. The van der Waals surface area contributed by atoms with Gasteiger partial charge < -0.3 is 14.5 Å². The fourth-order valence-corrected chi connectivity index (χ4v) is 4.44. The van der Waals surface area contributed by atoms with Crippen molar-refractivity contribution in [3.63, 3.8) is 0 Å². The fourth-order valence-electron chi connectivity index (χ4n) is 4.44. The van der Waals surface area contributed by atoms with Crippen LogP contribution < -0.4 is 4.74 Å². The Morgan fingerprint density at radius 1 is 1.00 bits per heavy atom. The maximum atomic E-state index is 13.0. The maximum absolute atomic E-state index is 13.0. The molecule has 6 heteroatoms. The zero-order valence-electron chi connectivity index (χ0n) is 18.3. The van der Waals surface area contributed by atoms with Gasteiger partial charge >= 0.3 is 0 Å². The lowest BCUT2D eigenvalue weighted by molar-refractivity contribution is -0.135. The van der Waals surface area contributed by atoms with E-state index in [4.69, 9.17) is 4.74 Å². The summed E-state index contributed by atoms with van der Waals surface area (Å²) < 4.78 is 5.81. The third-order valence-electron chi connectivity index (χ3n) is 5.72. The normalized spacial score (nSPS) is 23.3. The Morgan fingerprint density at radius 3 is 2.24 bits per heavy atom. The van der Waals surface area contributed by atoms with Gasteiger partial charge in [-0.1, -0.05) is 26.0 Å². The first-order valence-electron chi connectivity index (χ1n) is 10.9. The van der Waals surface area contributed by atoms with Gasteiger partial charge in [-0.2, -0.15) is 0 Å². The molecule has 2 heterocycles. The summed E-state index contributed by atoms with van der Waals surface area (Å²) in [4.78, 5) is 31.8. The van der Waals surface area contributed by atoms with Crippen LogP contribution in [0.2, 0.25) is 0 Å². The van der Waals surface area contributed by atoms with E-state index in [-0.39, 0.29) is 17.9 Å². The van der Waals surface area contributed by atoms with Gasteiger partial charge in [0, 0.05) is 39.3 Å². The Morgan fingerprint density at radius 2 is 1.62 bits per heavy atom. The van der Waals surface area contributed by atoms with Gasteiger partial charge in [-0.05, 0) is 44.2 Å². The number of nitrogens with zero attached hydrogens (tertiary/aromatic N) is 3. The predicted octanol–water partition coefficient (Wildman–Crippen LogP) is 2.74. The highest BCUT2D eigenvalue weighted by molar-refractivity contribution is 5.97. The van der Waals surface area contributed by atoms with Crippen molar-refractivity contribution >= 4 is 11.8 Å². The van der Waals surface area contributed by atoms with E-state index in [9.17, 15) is 9.59 Å². The van der Waals surface area contributed by atoms with Gasteiger partial charge in [0.05, 0.1) is 18.2 Å². The molecule has 0 spiro atoms. The van der Waals surface area contributed by atoms with E-state index in [0.29, 0.717) is 42.8 Å². The molecule has 0 aliphatic carbocycles. The first-order valence-corrected chi connectivity index (χ1v) is 10.9. The van der Waals surface area contributed by atoms with E-state index in [0.717, 1.165) is 26.2 Å². The van der Waals surface area contributed by atoms with Gasteiger partial charge in [0.25, 0.3) is 5.91 Å². The van der Waals surface area contributed by atoms with E-state index in [1.807, 2.05) is 47.9 Å². The minimum absolute atomic E-state index is 0.00547. The number of ether oxygens (including phenoxy) is 1.